The van der Waals surface area contributed by atoms with E-state index in [0.717, 1.165) is 0 Å². The van der Waals surface area contributed by atoms with Crippen LogP contribution in [-0.2, 0) is 21.2 Å². The van der Waals surface area contributed by atoms with E-state index in [9.17, 15) is 13.2 Å². The maximum Gasteiger partial charge on any atom is 0.244 e. The first-order chi connectivity index (χ1) is 8.40. The molecule has 0 spiro atoms. The first kappa shape index (κ1) is 14.7. The van der Waals surface area contributed by atoms with Gasteiger partial charge in [-0.05, 0) is 38.6 Å². The minimum Gasteiger partial charge on any atom is -0.492 e. The summed E-state index contributed by atoms with van der Waals surface area (Å²) in [5.74, 6) is 0.270. The van der Waals surface area contributed by atoms with Gasteiger partial charge in [0.05, 0.1) is 6.61 Å². The number of carbonyl (C=O) groups is 1. The summed E-state index contributed by atoms with van der Waals surface area (Å²) in [5.41, 5.74) is 0.653. The number of sulfonamides is 1. The largest absolute Gasteiger partial charge is 0.492 e. The molecule has 0 aliphatic heterocycles. The predicted octanol–water partition coefficient (Wildman–Crippen LogP) is 1.12. The number of ether oxygens (including phenoxy) is 1. The van der Waals surface area contributed by atoms with Crippen LogP contribution in [0.2, 0.25) is 0 Å². The molecule has 0 saturated heterocycles. The summed E-state index contributed by atoms with van der Waals surface area (Å²) < 4.78 is 31.2. The van der Waals surface area contributed by atoms with Gasteiger partial charge >= 0.3 is 0 Å². The molecule has 0 saturated carbocycles. The lowest BCUT2D eigenvalue weighted by Crippen LogP contribution is -2.20. The number of ketones is 1. The minimum atomic E-state index is -3.60. The third kappa shape index (κ3) is 3.54. The van der Waals surface area contributed by atoms with Gasteiger partial charge in [0.15, 0.2) is 0 Å². The van der Waals surface area contributed by atoms with Crippen molar-refractivity contribution in [1.82, 2.24) is 4.72 Å². The van der Waals surface area contributed by atoms with E-state index in [1.807, 2.05) is 0 Å². The highest BCUT2D eigenvalue weighted by atomic mass is 32.2. The van der Waals surface area contributed by atoms with Crippen molar-refractivity contribution in [1.29, 1.82) is 0 Å². The Balaban J connectivity index is 3.28. The summed E-state index contributed by atoms with van der Waals surface area (Å²) in [7, 11) is -2.26. The van der Waals surface area contributed by atoms with Crippen molar-refractivity contribution in [2.75, 3.05) is 13.7 Å². The fraction of sp³-hybridized carbons (Fsp3) is 0.417. The highest BCUT2D eigenvalue weighted by molar-refractivity contribution is 7.89. The molecule has 0 amide bonds. The standard InChI is InChI=1S/C12H17NO4S/c1-4-17-11-6-5-10(7-9(2)14)8-12(11)18(15,16)13-3/h5-6,8,13H,4,7H2,1-3H3. The summed E-state index contributed by atoms with van der Waals surface area (Å²) in [6.45, 7) is 3.61. The number of benzene rings is 1. The molecule has 1 aromatic rings. The normalized spacial score (nSPS) is 11.3. The van der Waals surface area contributed by atoms with Gasteiger partial charge in [0.1, 0.15) is 16.4 Å². The maximum atomic E-state index is 11.9. The first-order valence-electron chi connectivity index (χ1n) is 5.59. The topological polar surface area (TPSA) is 72.5 Å². The lowest BCUT2D eigenvalue weighted by molar-refractivity contribution is -0.116. The summed E-state index contributed by atoms with van der Waals surface area (Å²) in [4.78, 5) is 11.1. The number of Topliss-reactive ketones (excluding diaryl/α,β-unsaturated/α-hetero) is 1. The van der Waals surface area contributed by atoms with Crippen LogP contribution in [0.1, 0.15) is 19.4 Å². The SMILES string of the molecule is CCOc1ccc(CC(C)=O)cc1S(=O)(=O)NC. The van der Waals surface area contributed by atoms with Crippen LogP contribution in [0.15, 0.2) is 23.1 Å². The van der Waals surface area contributed by atoms with Gasteiger partial charge in [0.2, 0.25) is 10.0 Å². The molecule has 0 heterocycles. The van der Waals surface area contributed by atoms with Gasteiger partial charge < -0.3 is 4.74 Å². The molecule has 0 unspecified atom stereocenters. The highest BCUT2D eigenvalue weighted by Crippen LogP contribution is 2.25. The van der Waals surface area contributed by atoms with Crippen molar-refractivity contribution in [2.45, 2.75) is 25.2 Å². The molecule has 18 heavy (non-hydrogen) atoms. The molecule has 100 valence electrons. The maximum absolute atomic E-state index is 11.9. The Morgan fingerprint density at radius 1 is 1.39 bits per heavy atom. The van der Waals surface area contributed by atoms with Crippen molar-refractivity contribution in [3.05, 3.63) is 23.8 Å². The molecule has 6 heteroatoms. The summed E-state index contributed by atoms with van der Waals surface area (Å²) >= 11 is 0. The first-order valence-corrected chi connectivity index (χ1v) is 7.07. The molecule has 5 nitrogen and oxygen atoms in total. The van der Waals surface area contributed by atoms with E-state index < -0.39 is 10.0 Å². The molecule has 1 N–H and O–H groups in total. The lowest BCUT2D eigenvalue weighted by Gasteiger charge is -2.11. The van der Waals surface area contributed by atoms with Crippen LogP contribution in [0, 0.1) is 0 Å². The zero-order valence-electron chi connectivity index (χ0n) is 10.7. The quantitative estimate of drug-likeness (QED) is 0.841. The average Bonchev–Trinajstić information content (AvgIpc) is 2.30. The zero-order valence-corrected chi connectivity index (χ0v) is 11.5. The molecule has 1 rings (SSSR count). The molecule has 0 aliphatic carbocycles. The van der Waals surface area contributed by atoms with Crippen LogP contribution in [0.3, 0.4) is 0 Å². The number of hydrogen-bond donors (Lipinski definition) is 1. The van der Waals surface area contributed by atoms with Gasteiger partial charge in [0, 0.05) is 6.42 Å². The van der Waals surface area contributed by atoms with Crippen LogP contribution >= 0.6 is 0 Å². The molecule has 0 bridgehead atoms. The second-order valence-electron chi connectivity index (χ2n) is 3.80. The number of carbonyl (C=O) groups excluding carboxylic acids is 1. The summed E-state index contributed by atoms with van der Waals surface area (Å²) in [6.07, 6.45) is 0.207. The molecule has 1 aromatic carbocycles. The van der Waals surface area contributed by atoms with Crippen molar-refractivity contribution < 1.29 is 17.9 Å². The Labute approximate surface area is 107 Å². The van der Waals surface area contributed by atoms with Gasteiger partial charge in [-0.2, -0.15) is 0 Å². The molecular formula is C12H17NO4S. The predicted molar refractivity (Wildman–Crippen MR) is 68.2 cm³/mol. The summed E-state index contributed by atoms with van der Waals surface area (Å²) in [5, 5.41) is 0. The third-order valence-corrected chi connectivity index (χ3v) is 3.75. The van der Waals surface area contributed by atoms with Crippen LogP contribution in [0.25, 0.3) is 0 Å². The molecule has 0 aliphatic rings. The van der Waals surface area contributed by atoms with Crippen molar-refractivity contribution in [3.63, 3.8) is 0 Å². The van der Waals surface area contributed by atoms with Crippen molar-refractivity contribution >= 4 is 15.8 Å². The Morgan fingerprint density at radius 3 is 2.56 bits per heavy atom. The summed E-state index contributed by atoms with van der Waals surface area (Å²) in [6, 6.07) is 4.74. The lowest BCUT2D eigenvalue weighted by atomic mass is 10.1. The van der Waals surface area contributed by atoms with Crippen LogP contribution in [-0.4, -0.2) is 27.9 Å². The Bertz CT molecular complexity index is 537. The molecule has 0 aromatic heterocycles. The van der Waals surface area contributed by atoms with E-state index in [4.69, 9.17) is 4.74 Å². The van der Waals surface area contributed by atoms with Crippen molar-refractivity contribution in [3.8, 4) is 5.75 Å². The molecule has 0 fully saturated rings. The van der Waals surface area contributed by atoms with Crippen LogP contribution < -0.4 is 9.46 Å². The van der Waals surface area contributed by atoms with E-state index in [2.05, 4.69) is 4.72 Å². The minimum absolute atomic E-state index is 0.0213. The Hall–Kier alpha value is -1.40. The van der Waals surface area contributed by atoms with Gasteiger partial charge in [-0.3, -0.25) is 4.79 Å². The van der Waals surface area contributed by atoms with Gasteiger partial charge in [-0.15, -0.1) is 0 Å². The van der Waals surface area contributed by atoms with E-state index in [1.165, 1.54) is 20.0 Å². The second-order valence-corrected chi connectivity index (χ2v) is 5.66. The zero-order chi connectivity index (χ0) is 13.8. The smallest absolute Gasteiger partial charge is 0.244 e. The van der Waals surface area contributed by atoms with Gasteiger partial charge in [-0.25, -0.2) is 13.1 Å². The van der Waals surface area contributed by atoms with Crippen LogP contribution in [0.4, 0.5) is 0 Å². The fourth-order valence-electron chi connectivity index (χ4n) is 1.54. The number of rotatable bonds is 6. The monoisotopic (exact) mass is 271 g/mol. The average molecular weight is 271 g/mol. The molecular weight excluding hydrogens is 254 g/mol. The van der Waals surface area contributed by atoms with E-state index >= 15 is 0 Å². The van der Waals surface area contributed by atoms with Gasteiger partial charge in [-0.1, -0.05) is 6.07 Å². The Kier molecular flexibility index (Phi) is 4.86. The van der Waals surface area contributed by atoms with E-state index in [-0.39, 0.29) is 17.1 Å². The van der Waals surface area contributed by atoms with Gasteiger partial charge in [0.25, 0.3) is 0 Å². The number of hydrogen-bond acceptors (Lipinski definition) is 4. The Morgan fingerprint density at radius 2 is 2.06 bits per heavy atom. The molecule has 0 radical (unpaired) electrons. The fourth-order valence-corrected chi connectivity index (χ4v) is 2.46. The third-order valence-electron chi connectivity index (χ3n) is 2.32. The van der Waals surface area contributed by atoms with Crippen LogP contribution in [0.5, 0.6) is 5.75 Å². The van der Waals surface area contributed by atoms with Crippen molar-refractivity contribution in [2.24, 2.45) is 0 Å². The molecule has 0 atom stereocenters. The van der Waals surface area contributed by atoms with E-state index in [1.54, 1.807) is 19.1 Å². The number of nitrogens with one attached hydrogen (secondary N) is 1. The second kappa shape index (κ2) is 5.97. The van der Waals surface area contributed by atoms with E-state index in [0.29, 0.717) is 17.9 Å². The highest BCUT2D eigenvalue weighted by Gasteiger charge is 2.18.